The molecule has 1 aliphatic heterocycles. The Labute approximate surface area is 147 Å². The largest absolute Gasteiger partial charge is 0.391 e. The quantitative estimate of drug-likeness (QED) is 0.883. The van der Waals surface area contributed by atoms with Crippen LogP contribution in [-0.4, -0.2) is 54.9 Å². The van der Waals surface area contributed by atoms with E-state index < -0.39 is 0 Å². The number of fused-ring (bicyclic) bond motifs is 1. The molecule has 4 atom stereocenters. The number of hydrogen-bond donors (Lipinski definition) is 2. The fourth-order valence-corrected chi connectivity index (χ4v) is 4.39. The van der Waals surface area contributed by atoms with Gasteiger partial charge in [-0.25, -0.2) is 4.98 Å². The summed E-state index contributed by atoms with van der Waals surface area (Å²) in [6, 6.07) is 1.93. The summed E-state index contributed by atoms with van der Waals surface area (Å²) < 4.78 is 2.00. The highest BCUT2D eigenvalue weighted by Crippen LogP contribution is 2.41. The number of aromatic nitrogens is 4. The van der Waals surface area contributed by atoms with Gasteiger partial charge in [0, 0.05) is 31.2 Å². The summed E-state index contributed by atoms with van der Waals surface area (Å²) in [4.78, 5) is 18.8. The average molecular weight is 343 g/mol. The molecule has 0 bridgehead atoms. The molecule has 4 rings (SSSR count). The number of aromatic amines is 1. The first kappa shape index (κ1) is 16.3. The highest BCUT2D eigenvalue weighted by Gasteiger charge is 2.43. The second-order valence-corrected chi connectivity index (χ2v) is 7.37. The number of aliphatic hydroxyl groups excluding tert-OH is 1. The van der Waals surface area contributed by atoms with E-state index in [4.69, 9.17) is 0 Å². The fraction of sp³-hybridized carbons (Fsp3) is 0.611. The van der Waals surface area contributed by atoms with Gasteiger partial charge in [0.05, 0.1) is 18.5 Å². The zero-order valence-electron chi connectivity index (χ0n) is 14.5. The van der Waals surface area contributed by atoms with Crippen LogP contribution in [0.4, 0.5) is 0 Å². The van der Waals surface area contributed by atoms with Gasteiger partial charge >= 0.3 is 0 Å². The van der Waals surface area contributed by atoms with Gasteiger partial charge in [0.2, 0.25) is 0 Å². The molecule has 7 nitrogen and oxygen atoms in total. The number of nitrogens with zero attached hydrogens (tertiary/aromatic N) is 4. The van der Waals surface area contributed by atoms with Crippen molar-refractivity contribution in [3.8, 4) is 0 Å². The zero-order chi connectivity index (χ0) is 17.4. The van der Waals surface area contributed by atoms with Crippen molar-refractivity contribution in [2.75, 3.05) is 13.1 Å². The van der Waals surface area contributed by atoms with Crippen molar-refractivity contribution in [1.29, 1.82) is 0 Å². The summed E-state index contributed by atoms with van der Waals surface area (Å²) in [5.74, 6) is 0.795. The summed E-state index contributed by atoms with van der Waals surface area (Å²) in [5.41, 5.74) is 1.52. The Bertz CT molecular complexity index is 726. The smallest absolute Gasteiger partial charge is 0.274 e. The normalized spacial score (nSPS) is 29.0. The third-order valence-corrected chi connectivity index (χ3v) is 5.67. The van der Waals surface area contributed by atoms with Crippen LogP contribution >= 0.6 is 0 Å². The van der Waals surface area contributed by atoms with Gasteiger partial charge in [-0.05, 0) is 37.2 Å². The minimum atomic E-state index is -0.382. The molecule has 0 radical (unpaired) electrons. The first-order valence-electron chi connectivity index (χ1n) is 9.14. The molecule has 1 saturated carbocycles. The van der Waals surface area contributed by atoms with Crippen LogP contribution in [-0.2, 0) is 6.42 Å². The first-order valence-corrected chi connectivity index (χ1v) is 9.14. The molecule has 2 N–H and O–H groups in total. The van der Waals surface area contributed by atoms with E-state index in [-0.39, 0.29) is 18.1 Å². The number of H-pyrrole nitrogens is 1. The number of carbonyl (C=O) groups is 1. The summed E-state index contributed by atoms with van der Waals surface area (Å²) in [6.07, 6.45) is 8.59. The van der Waals surface area contributed by atoms with E-state index in [1.54, 1.807) is 12.5 Å². The third-order valence-electron chi connectivity index (χ3n) is 5.67. The van der Waals surface area contributed by atoms with E-state index in [1.807, 2.05) is 21.7 Å². The van der Waals surface area contributed by atoms with Crippen LogP contribution in [0.25, 0.3) is 0 Å². The predicted molar refractivity (Wildman–Crippen MR) is 92.0 cm³/mol. The fourth-order valence-electron chi connectivity index (χ4n) is 4.39. The highest BCUT2D eigenvalue weighted by atomic mass is 16.3. The van der Waals surface area contributed by atoms with Crippen molar-refractivity contribution >= 4 is 5.91 Å². The second kappa shape index (κ2) is 6.63. The molecule has 7 heteroatoms. The minimum absolute atomic E-state index is 0.00155. The Balaban J connectivity index is 1.44. The Kier molecular flexibility index (Phi) is 4.33. The molecule has 2 aliphatic rings. The number of aryl methyl sites for hydroxylation is 1. The van der Waals surface area contributed by atoms with Gasteiger partial charge in [0.25, 0.3) is 5.91 Å². The SMILES string of the molecule is CCCc1cc(C(=O)N2C[C@H]3C[C@@H](n4ccnc4)[C@H](O)C[C@H]3C2)n[nH]1. The van der Waals surface area contributed by atoms with Gasteiger partial charge in [-0.3, -0.25) is 9.89 Å². The maximum absolute atomic E-state index is 12.8. The van der Waals surface area contributed by atoms with Crippen molar-refractivity contribution in [1.82, 2.24) is 24.6 Å². The molecule has 0 spiro atoms. The Morgan fingerprint density at radius 2 is 2.16 bits per heavy atom. The van der Waals surface area contributed by atoms with Crippen LogP contribution in [0.15, 0.2) is 24.8 Å². The highest BCUT2D eigenvalue weighted by molar-refractivity contribution is 5.92. The van der Waals surface area contributed by atoms with Crippen LogP contribution in [0.3, 0.4) is 0 Å². The van der Waals surface area contributed by atoms with Crippen LogP contribution in [0.5, 0.6) is 0 Å². The van der Waals surface area contributed by atoms with Gasteiger partial charge in [-0.15, -0.1) is 0 Å². The Morgan fingerprint density at radius 3 is 2.88 bits per heavy atom. The molecule has 3 heterocycles. The van der Waals surface area contributed by atoms with Crippen LogP contribution in [0, 0.1) is 11.8 Å². The summed E-state index contributed by atoms with van der Waals surface area (Å²) >= 11 is 0. The first-order chi connectivity index (χ1) is 12.2. The van der Waals surface area contributed by atoms with E-state index >= 15 is 0 Å². The van der Waals surface area contributed by atoms with Crippen molar-refractivity contribution in [2.45, 2.75) is 44.8 Å². The molecule has 1 aliphatic carbocycles. The van der Waals surface area contributed by atoms with Gasteiger partial charge in [-0.2, -0.15) is 5.10 Å². The van der Waals surface area contributed by atoms with Gasteiger partial charge < -0.3 is 14.6 Å². The van der Waals surface area contributed by atoms with Crippen molar-refractivity contribution in [3.63, 3.8) is 0 Å². The minimum Gasteiger partial charge on any atom is -0.391 e. The number of imidazole rings is 1. The maximum atomic E-state index is 12.8. The molecule has 2 fully saturated rings. The third kappa shape index (κ3) is 3.08. The Hall–Kier alpha value is -2.15. The van der Waals surface area contributed by atoms with Gasteiger partial charge in [0.1, 0.15) is 5.69 Å². The molecule has 25 heavy (non-hydrogen) atoms. The van der Waals surface area contributed by atoms with E-state index in [0.717, 1.165) is 37.9 Å². The van der Waals surface area contributed by atoms with E-state index in [0.29, 0.717) is 24.1 Å². The summed E-state index contributed by atoms with van der Waals surface area (Å²) in [6.45, 7) is 3.57. The summed E-state index contributed by atoms with van der Waals surface area (Å²) in [7, 11) is 0. The molecular weight excluding hydrogens is 318 g/mol. The maximum Gasteiger partial charge on any atom is 0.274 e. The van der Waals surface area contributed by atoms with E-state index in [1.165, 1.54) is 0 Å². The molecule has 2 aromatic rings. The zero-order valence-corrected chi connectivity index (χ0v) is 14.5. The molecule has 0 unspecified atom stereocenters. The Morgan fingerprint density at radius 1 is 1.36 bits per heavy atom. The number of hydrogen-bond acceptors (Lipinski definition) is 4. The number of rotatable bonds is 4. The van der Waals surface area contributed by atoms with Crippen molar-refractivity contribution in [2.24, 2.45) is 11.8 Å². The van der Waals surface area contributed by atoms with Crippen molar-refractivity contribution in [3.05, 3.63) is 36.2 Å². The van der Waals surface area contributed by atoms with Crippen LogP contribution in [0.2, 0.25) is 0 Å². The molecular formula is C18H25N5O2. The number of likely N-dealkylation sites (tertiary alicyclic amines) is 1. The molecule has 1 saturated heterocycles. The van der Waals surface area contributed by atoms with E-state index in [2.05, 4.69) is 22.1 Å². The molecule has 0 aromatic carbocycles. The molecule has 1 amide bonds. The predicted octanol–water partition coefficient (Wildman–Crippen LogP) is 1.64. The number of amides is 1. The topological polar surface area (TPSA) is 87.0 Å². The van der Waals surface area contributed by atoms with Crippen LogP contribution in [0.1, 0.15) is 48.4 Å². The number of aliphatic hydroxyl groups is 1. The lowest BCUT2D eigenvalue weighted by Crippen LogP contribution is -2.35. The lowest BCUT2D eigenvalue weighted by molar-refractivity contribution is 0.0357. The number of nitrogens with one attached hydrogen (secondary N) is 1. The van der Waals surface area contributed by atoms with Gasteiger partial charge in [0.15, 0.2) is 0 Å². The monoisotopic (exact) mass is 343 g/mol. The molecule has 2 aromatic heterocycles. The van der Waals surface area contributed by atoms with Crippen LogP contribution < -0.4 is 0 Å². The standard InChI is InChI=1S/C18H25N5O2/c1-2-3-14-8-15(21-20-14)18(25)23-9-12-6-16(22-5-4-19-11-22)17(24)7-13(12)10-23/h4-5,8,11-13,16-17,24H,2-3,6-7,9-10H2,1H3,(H,20,21)/t12-,13+,16-,17-/m1/s1. The lowest BCUT2D eigenvalue weighted by Gasteiger charge is -2.35. The van der Waals surface area contributed by atoms with Gasteiger partial charge in [-0.1, -0.05) is 13.3 Å². The number of carbonyl (C=O) groups excluding carboxylic acids is 1. The van der Waals surface area contributed by atoms with Crippen molar-refractivity contribution < 1.29 is 9.90 Å². The lowest BCUT2D eigenvalue weighted by atomic mass is 9.77. The second-order valence-electron chi connectivity index (χ2n) is 7.37. The van der Waals surface area contributed by atoms with E-state index in [9.17, 15) is 9.90 Å². The average Bonchev–Trinajstić information content (AvgIpc) is 3.33. The molecule has 134 valence electrons. The summed E-state index contributed by atoms with van der Waals surface area (Å²) in [5, 5.41) is 17.7.